The summed E-state index contributed by atoms with van der Waals surface area (Å²) in [6, 6.07) is 10.9. The maximum Gasteiger partial charge on any atom is 0.264 e. The molecule has 0 radical (unpaired) electrons. The molecule has 0 spiro atoms. The maximum atomic E-state index is 12.3. The Morgan fingerprint density at radius 1 is 1.18 bits per heavy atom. The molecule has 0 atom stereocenters. The number of rotatable bonds is 7. The zero-order chi connectivity index (χ0) is 20.3. The first-order valence-corrected chi connectivity index (χ1v) is 9.39. The van der Waals surface area contributed by atoms with Gasteiger partial charge in [-0.05, 0) is 36.6 Å². The highest BCUT2D eigenvalue weighted by atomic mass is 35.5. The van der Waals surface area contributed by atoms with Crippen LogP contribution in [0.25, 0.3) is 11.4 Å². The molecule has 0 aliphatic heterocycles. The lowest BCUT2D eigenvalue weighted by atomic mass is 10.0. The molecule has 7 heteroatoms. The maximum absolute atomic E-state index is 12.3. The number of Topliss-reactive ketones (excluding diaryl/α,β-unsaturated/α-hetero) is 1. The highest BCUT2D eigenvalue weighted by Crippen LogP contribution is 2.36. The number of benzene rings is 2. The first-order chi connectivity index (χ1) is 13.4. The zero-order valence-corrected chi connectivity index (χ0v) is 17.0. The number of allylic oxidation sites excluding steroid dienone is 1. The minimum Gasteiger partial charge on any atom is -0.482 e. The third kappa shape index (κ3) is 4.11. The highest BCUT2D eigenvalue weighted by molar-refractivity contribution is 6.45. The first-order valence-electron chi connectivity index (χ1n) is 8.64. The molecule has 0 unspecified atom stereocenters. The van der Waals surface area contributed by atoms with E-state index in [0.29, 0.717) is 35.0 Å². The lowest BCUT2D eigenvalue weighted by Crippen LogP contribution is -2.04. The Bertz CT molecular complexity index is 1040. The van der Waals surface area contributed by atoms with Crippen LogP contribution >= 0.6 is 23.2 Å². The van der Waals surface area contributed by atoms with E-state index in [-0.39, 0.29) is 22.4 Å². The Labute approximate surface area is 172 Å². The minimum absolute atomic E-state index is 0.0177. The highest BCUT2D eigenvalue weighted by Gasteiger charge is 2.19. The molecular formula is C21H18Cl2N2O3. The molecule has 0 amide bonds. The van der Waals surface area contributed by atoms with Crippen LogP contribution in [0.4, 0.5) is 0 Å². The van der Waals surface area contributed by atoms with Gasteiger partial charge in [-0.3, -0.25) is 4.79 Å². The Balaban J connectivity index is 1.75. The van der Waals surface area contributed by atoms with Gasteiger partial charge in [0.15, 0.2) is 12.4 Å². The van der Waals surface area contributed by atoms with E-state index in [1.807, 2.05) is 38.1 Å². The molecule has 0 aliphatic rings. The average molecular weight is 417 g/mol. The van der Waals surface area contributed by atoms with Gasteiger partial charge in [-0.15, -0.1) is 0 Å². The third-order valence-electron chi connectivity index (χ3n) is 4.24. The molecule has 3 rings (SSSR count). The number of aryl methyl sites for hydroxylation is 1. The van der Waals surface area contributed by atoms with E-state index in [1.165, 1.54) is 0 Å². The fourth-order valence-electron chi connectivity index (χ4n) is 2.56. The Hall–Kier alpha value is -2.63. The summed E-state index contributed by atoms with van der Waals surface area (Å²) < 4.78 is 10.9. The quantitative estimate of drug-likeness (QED) is 0.344. The lowest BCUT2D eigenvalue weighted by molar-refractivity contribution is 0.103. The van der Waals surface area contributed by atoms with Crippen molar-refractivity contribution in [3.63, 3.8) is 0 Å². The van der Waals surface area contributed by atoms with Crippen molar-refractivity contribution in [1.82, 2.24) is 10.1 Å². The Kier molecular flexibility index (Phi) is 6.17. The van der Waals surface area contributed by atoms with Crippen molar-refractivity contribution in [1.29, 1.82) is 0 Å². The van der Waals surface area contributed by atoms with Crippen LogP contribution in [0.1, 0.15) is 35.2 Å². The van der Waals surface area contributed by atoms with E-state index in [0.717, 1.165) is 11.1 Å². The van der Waals surface area contributed by atoms with E-state index < -0.39 is 0 Å². The summed E-state index contributed by atoms with van der Waals surface area (Å²) in [5, 5.41) is 4.26. The third-order valence-corrected chi connectivity index (χ3v) is 5.11. The van der Waals surface area contributed by atoms with Crippen molar-refractivity contribution in [2.45, 2.75) is 26.9 Å². The largest absolute Gasteiger partial charge is 0.482 e. The van der Waals surface area contributed by atoms with Crippen LogP contribution in [0.5, 0.6) is 5.75 Å². The number of carbonyl (C=O) groups is 1. The fraction of sp³-hybridized carbons (Fsp3) is 0.190. The Morgan fingerprint density at radius 3 is 2.64 bits per heavy atom. The molecule has 0 N–H and O–H groups in total. The van der Waals surface area contributed by atoms with Crippen LogP contribution in [0.15, 0.2) is 53.1 Å². The summed E-state index contributed by atoms with van der Waals surface area (Å²) in [5.74, 6) is 0.867. The van der Waals surface area contributed by atoms with Crippen molar-refractivity contribution in [3.8, 4) is 17.1 Å². The number of ketones is 1. The van der Waals surface area contributed by atoms with Gasteiger partial charge >= 0.3 is 0 Å². The summed E-state index contributed by atoms with van der Waals surface area (Å²) >= 11 is 12.5. The molecular weight excluding hydrogens is 399 g/mol. The van der Waals surface area contributed by atoms with Gasteiger partial charge in [0.25, 0.3) is 5.89 Å². The van der Waals surface area contributed by atoms with Crippen molar-refractivity contribution >= 4 is 29.0 Å². The zero-order valence-electron chi connectivity index (χ0n) is 15.5. The summed E-state index contributed by atoms with van der Waals surface area (Å²) in [6.07, 6.45) is 0.533. The normalized spacial score (nSPS) is 10.7. The van der Waals surface area contributed by atoms with Gasteiger partial charge in [0, 0.05) is 11.1 Å². The number of hydrogen-bond donors (Lipinski definition) is 0. The molecule has 3 aromatic rings. The van der Waals surface area contributed by atoms with Gasteiger partial charge in [-0.25, -0.2) is 0 Å². The number of ether oxygens (including phenoxy) is 1. The first kappa shape index (κ1) is 20.1. The SMILES string of the molecule is C=C(CC)C(=O)c1ccc(OCc2nc(-c3ccccc3C)no2)c(Cl)c1Cl. The van der Waals surface area contributed by atoms with Crippen LogP contribution in [0.3, 0.4) is 0 Å². The standard InChI is InChI=1S/C21H18Cl2N2O3/c1-4-12(2)20(26)15-9-10-16(19(23)18(15)22)27-11-17-24-21(25-28-17)14-8-6-5-7-13(14)3/h5-10H,2,4,11H2,1,3H3. The van der Waals surface area contributed by atoms with Crippen LogP contribution in [0, 0.1) is 6.92 Å². The monoisotopic (exact) mass is 416 g/mol. The molecule has 2 aromatic carbocycles. The molecule has 28 heavy (non-hydrogen) atoms. The molecule has 144 valence electrons. The number of nitrogens with zero attached hydrogens (tertiary/aromatic N) is 2. The van der Waals surface area contributed by atoms with Crippen molar-refractivity contribution < 1.29 is 14.1 Å². The van der Waals surface area contributed by atoms with Crippen molar-refractivity contribution in [2.24, 2.45) is 0 Å². The summed E-state index contributed by atoms with van der Waals surface area (Å²) in [6.45, 7) is 7.58. The smallest absolute Gasteiger partial charge is 0.264 e. The molecule has 5 nitrogen and oxygen atoms in total. The molecule has 0 saturated carbocycles. The molecule has 1 heterocycles. The number of carbonyl (C=O) groups excluding carboxylic acids is 1. The lowest BCUT2D eigenvalue weighted by Gasteiger charge is -2.11. The van der Waals surface area contributed by atoms with E-state index in [1.54, 1.807) is 12.1 Å². The second kappa shape index (κ2) is 8.59. The van der Waals surface area contributed by atoms with Gasteiger partial charge < -0.3 is 9.26 Å². The Morgan fingerprint density at radius 2 is 1.93 bits per heavy atom. The number of halogens is 2. The summed E-state index contributed by atoms with van der Waals surface area (Å²) in [7, 11) is 0. The fourth-order valence-corrected chi connectivity index (χ4v) is 3.02. The minimum atomic E-state index is -0.235. The van der Waals surface area contributed by atoms with Gasteiger partial charge in [0.05, 0.1) is 5.02 Å². The summed E-state index contributed by atoms with van der Waals surface area (Å²) in [5.41, 5.74) is 2.68. The van der Waals surface area contributed by atoms with Crippen LogP contribution in [0.2, 0.25) is 10.0 Å². The second-order valence-electron chi connectivity index (χ2n) is 6.14. The van der Waals surface area contributed by atoms with Crippen molar-refractivity contribution in [2.75, 3.05) is 0 Å². The average Bonchev–Trinajstić information content (AvgIpc) is 3.17. The van der Waals surface area contributed by atoms with Gasteiger partial charge in [-0.2, -0.15) is 4.98 Å². The van der Waals surface area contributed by atoms with E-state index in [2.05, 4.69) is 16.7 Å². The predicted octanol–water partition coefficient (Wildman–Crippen LogP) is 6.08. The van der Waals surface area contributed by atoms with Crippen LogP contribution < -0.4 is 4.74 Å². The van der Waals surface area contributed by atoms with Gasteiger partial charge in [0.1, 0.15) is 10.8 Å². The summed E-state index contributed by atoms with van der Waals surface area (Å²) in [4.78, 5) is 16.6. The van der Waals surface area contributed by atoms with Gasteiger partial charge in [0.2, 0.25) is 5.82 Å². The molecule has 0 fully saturated rings. The van der Waals surface area contributed by atoms with E-state index >= 15 is 0 Å². The number of aromatic nitrogens is 2. The van der Waals surface area contributed by atoms with E-state index in [4.69, 9.17) is 32.5 Å². The van der Waals surface area contributed by atoms with Crippen molar-refractivity contribution in [3.05, 3.63) is 75.6 Å². The molecule has 0 saturated heterocycles. The number of hydrogen-bond acceptors (Lipinski definition) is 5. The second-order valence-corrected chi connectivity index (χ2v) is 6.90. The predicted molar refractivity (Wildman–Crippen MR) is 109 cm³/mol. The molecule has 0 bridgehead atoms. The topological polar surface area (TPSA) is 65.2 Å². The van der Waals surface area contributed by atoms with Crippen LogP contribution in [-0.2, 0) is 6.61 Å². The molecule has 0 aliphatic carbocycles. The van der Waals surface area contributed by atoms with Gasteiger partial charge in [-0.1, -0.05) is 66.1 Å². The van der Waals surface area contributed by atoms with E-state index in [9.17, 15) is 4.79 Å². The molecule has 1 aromatic heterocycles. The van der Waals surface area contributed by atoms with Crippen LogP contribution in [-0.4, -0.2) is 15.9 Å².